The van der Waals surface area contributed by atoms with Gasteiger partial charge in [0.25, 0.3) is 0 Å². The molecular weight excluding hydrogens is 477 g/mol. The zero-order valence-corrected chi connectivity index (χ0v) is 20.5. The van der Waals surface area contributed by atoms with E-state index in [9.17, 15) is 4.39 Å². The number of hydrogen-bond donors (Lipinski definition) is 2. The van der Waals surface area contributed by atoms with Gasteiger partial charge in [-0.15, -0.1) is 0 Å². The lowest BCUT2D eigenvalue weighted by Crippen LogP contribution is -2.38. The first-order chi connectivity index (χ1) is 17.5. The van der Waals surface area contributed by atoms with Crippen LogP contribution in [-0.2, 0) is 0 Å². The summed E-state index contributed by atoms with van der Waals surface area (Å²) in [7, 11) is 2.13. The van der Waals surface area contributed by atoms with Gasteiger partial charge in [-0.25, -0.2) is 19.3 Å². The fraction of sp³-hybridized carbons (Fsp3) is 0.222. The zero-order chi connectivity index (χ0) is 25.1. The van der Waals surface area contributed by atoms with Crippen molar-refractivity contribution in [1.29, 1.82) is 5.41 Å². The van der Waals surface area contributed by atoms with Crippen molar-refractivity contribution in [2.75, 3.05) is 20.1 Å². The Balaban J connectivity index is 1.55. The summed E-state index contributed by atoms with van der Waals surface area (Å²) >= 11 is 6.14. The van der Waals surface area contributed by atoms with E-state index in [-0.39, 0.29) is 5.56 Å². The summed E-state index contributed by atoms with van der Waals surface area (Å²) in [5.74, 6) is -0.429. The lowest BCUT2D eigenvalue weighted by Gasteiger charge is -2.29. The summed E-state index contributed by atoms with van der Waals surface area (Å²) in [5.41, 5.74) is 3.61. The SMILES string of the molecule is CN1CCC(N/C=C(\C=N)c2cncc(-c3cc(-c4cc(Cl)ccc4F)nc4ncccc34)n2)CC1. The van der Waals surface area contributed by atoms with E-state index in [2.05, 4.69) is 32.2 Å². The van der Waals surface area contributed by atoms with Gasteiger partial charge in [-0.05, 0) is 69.4 Å². The Labute approximate surface area is 213 Å². The first-order valence-electron chi connectivity index (χ1n) is 11.7. The number of hydrogen-bond acceptors (Lipinski definition) is 7. The molecule has 3 aromatic heterocycles. The number of piperidine rings is 1. The predicted molar refractivity (Wildman–Crippen MR) is 141 cm³/mol. The second-order valence-corrected chi connectivity index (χ2v) is 9.27. The summed E-state index contributed by atoms with van der Waals surface area (Å²) in [6.07, 6.45) is 10.1. The van der Waals surface area contributed by atoms with Gasteiger partial charge in [0.15, 0.2) is 5.65 Å². The van der Waals surface area contributed by atoms with Crippen LogP contribution in [0.25, 0.3) is 39.1 Å². The average molecular weight is 502 g/mol. The van der Waals surface area contributed by atoms with Crippen LogP contribution in [0, 0.1) is 11.2 Å². The van der Waals surface area contributed by atoms with Gasteiger partial charge in [0.1, 0.15) is 5.82 Å². The molecule has 0 radical (unpaired) electrons. The third-order valence-corrected chi connectivity index (χ3v) is 6.58. The Bertz CT molecular complexity index is 1450. The molecule has 0 atom stereocenters. The minimum absolute atomic E-state index is 0.280. The molecule has 9 heteroatoms. The topological polar surface area (TPSA) is 90.7 Å². The third-order valence-electron chi connectivity index (χ3n) is 6.34. The van der Waals surface area contributed by atoms with Crippen LogP contribution in [0.3, 0.4) is 0 Å². The van der Waals surface area contributed by atoms with Gasteiger partial charge in [0.05, 0.1) is 29.5 Å². The largest absolute Gasteiger partial charge is 0.387 e. The number of nitrogens with zero attached hydrogens (tertiary/aromatic N) is 5. The quantitative estimate of drug-likeness (QED) is 0.352. The van der Waals surface area contributed by atoms with Gasteiger partial charge < -0.3 is 15.6 Å². The first kappa shape index (κ1) is 24.0. The number of allylic oxidation sites excluding steroid dienone is 1. The molecule has 182 valence electrons. The van der Waals surface area contributed by atoms with Crippen LogP contribution in [0.5, 0.6) is 0 Å². The van der Waals surface area contributed by atoms with Crippen LogP contribution in [0.15, 0.2) is 61.2 Å². The molecule has 0 amide bonds. The Morgan fingerprint density at radius 1 is 1.11 bits per heavy atom. The highest BCUT2D eigenvalue weighted by molar-refractivity contribution is 6.30. The maximum Gasteiger partial charge on any atom is 0.160 e. The number of likely N-dealkylation sites (tertiary alicyclic amines) is 1. The lowest BCUT2D eigenvalue weighted by molar-refractivity contribution is 0.244. The number of rotatable bonds is 6. The van der Waals surface area contributed by atoms with Crippen molar-refractivity contribution in [3.63, 3.8) is 0 Å². The third kappa shape index (κ3) is 5.10. The molecule has 1 saturated heterocycles. The van der Waals surface area contributed by atoms with Crippen LogP contribution in [0.1, 0.15) is 18.5 Å². The predicted octanol–water partition coefficient (Wildman–Crippen LogP) is 5.22. The lowest BCUT2D eigenvalue weighted by atomic mass is 10.0. The fourth-order valence-corrected chi connectivity index (χ4v) is 4.48. The Kier molecular flexibility index (Phi) is 6.97. The Morgan fingerprint density at radius 2 is 1.94 bits per heavy atom. The Hall–Kier alpha value is -3.75. The molecule has 0 aliphatic carbocycles. The Morgan fingerprint density at radius 3 is 2.75 bits per heavy atom. The molecule has 0 unspecified atom stereocenters. The molecule has 4 heterocycles. The van der Waals surface area contributed by atoms with Crippen molar-refractivity contribution >= 4 is 34.4 Å². The second kappa shape index (κ2) is 10.5. The number of halogens is 2. The molecule has 1 aromatic carbocycles. The van der Waals surface area contributed by atoms with Gasteiger partial charge in [-0.3, -0.25) is 4.98 Å². The van der Waals surface area contributed by atoms with Crippen molar-refractivity contribution in [3.8, 4) is 22.5 Å². The molecule has 0 saturated carbocycles. The molecule has 4 aromatic rings. The van der Waals surface area contributed by atoms with Crippen molar-refractivity contribution < 1.29 is 4.39 Å². The first-order valence-corrected chi connectivity index (χ1v) is 12.1. The van der Waals surface area contributed by atoms with Gasteiger partial charge in [0, 0.05) is 51.8 Å². The standard InChI is InChI=1S/C27H25ClFN7/c1-36-9-6-19(7-10-36)33-14-17(13-30)25-15-31-16-26(34-25)21-12-24(22-11-18(28)4-5-23(22)29)35-27-20(21)3-2-8-32-27/h2-5,8,11-16,19,30,33H,6-7,9-10H2,1H3/b17-14+,30-13?. The molecular formula is C27H25ClFN7. The van der Waals surface area contributed by atoms with E-state index >= 15 is 0 Å². The molecule has 36 heavy (non-hydrogen) atoms. The van der Waals surface area contributed by atoms with Gasteiger partial charge in [0.2, 0.25) is 0 Å². The minimum Gasteiger partial charge on any atom is -0.387 e. The molecule has 1 aliphatic rings. The summed E-state index contributed by atoms with van der Waals surface area (Å²) in [6.45, 7) is 2.08. The monoisotopic (exact) mass is 501 g/mol. The summed E-state index contributed by atoms with van der Waals surface area (Å²) in [5, 5.41) is 12.6. The van der Waals surface area contributed by atoms with Gasteiger partial charge in [-0.2, -0.15) is 0 Å². The van der Waals surface area contributed by atoms with Crippen molar-refractivity contribution in [2.24, 2.45) is 0 Å². The summed E-state index contributed by atoms with van der Waals surface area (Å²) < 4.78 is 14.7. The normalized spacial score (nSPS) is 15.2. The molecule has 0 spiro atoms. The van der Waals surface area contributed by atoms with Crippen LogP contribution in [-0.4, -0.2) is 57.2 Å². The number of pyridine rings is 2. The highest BCUT2D eigenvalue weighted by Crippen LogP contribution is 2.32. The number of fused-ring (bicyclic) bond motifs is 1. The molecule has 2 N–H and O–H groups in total. The van der Waals surface area contributed by atoms with E-state index in [0.29, 0.717) is 44.9 Å². The van der Waals surface area contributed by atoms with Crippen LogP contribution >= 0.6 is 11.6 Å². The molecule has 1 fully saturated rings. The van der Waals surface area contributed by atoms with E-state index in [4.69, 9.17) is 22.0 Å². The summed E-state index contributed by atoms with van der Waals surface area (Å²) in [4.78, 5) is 20.5. The van der Waals surface area contributed by atoms with E-state index < -0.39 is 5.82 Å². The molecule has 1 aliphatic heterocycles. The highest BCUT2D eigenvalue weighted by Gasteiger charge is 2.17. The average Bonchev–Trinajstić information content (AvgIpc) is 2.91. The summed E-state index contributed by atoms with van der Waals surface area (Å²) in [6, 6.07) is 10.2. The zero-order valence-electron chi connectivity index (χ0n) is 19.7. The van der Waals surface area contributed by atoms with Gasteiger partial charge >= 0.3 is 0 Å². The fourth-order valence-electron chi connectivity index (χ4n) is 4.31. The van der Waals surface area contributed by atoms with E-state index in [1.54, 1.807) is 30.7 Å². The maximum atomic E-state index is 14.7. The molecule has 5 rings (SSSR count). The van der Waals surface area contributed by atoms with Crippen molar-refractivity contribution in [3.05, 3.63) is 77.7 Å². The van der Waals surface area contributed by atoms with Crippen LogP contribution < -0.4 is 5.32 Å². The smallest absolute Gasteiger partial charge is 0.160 e. The van der Waals surface area contributed by atoms with Crippen LogP contribution in [0.4, 0.5) is 4.39 Å². The number of benzene rings is 1. The van der Waals surface area contributed by atoms with Crippen molar-refractivity contribution in [1.82, 2.24) is 30.2 Å². The van der Waals surface area contributed by atoms with Crippen molar-refractivity contribution in [2.45, 2.75) is 18.9 Å². The van der Waals surface area contributed by atoms with Gasteiger partial charge in [-0.1, -0.05) is 11.6 Å². The maximum absolute atomic E-state index is 14.7. The second-order valence-electron chi connectivity index (χ2n) is 8.83. The highest BCUT2D eigenvalue weighted by atomic mass is 35.5. The van der Waals surface area contributed by atoms with E-state index in [0.717, 1.165) is 31.3 Å². The molecule has 0 bridgehead atoms. The number of nitrogens with one attached hydrogen (secondary N) is 2. The van der Waals surface area contributed by atoms with E-state index in [1.807, 2.05) is 18.3 Å². The number of aromatic nitrogens is 4. The van der Waals surface area contributed by atoms with Crippen LogP contribution in [0.2, 0.25) is 5.02 Å². The molecule has 7 nitrogen and oxygen atoms in total. The minimum atomic E-state index is -0.429. The van der Waals surface area contributed by atoms with E-state index in [1.165, 1.54) is 18.3 Å².